The summed E-state index contributed by atoms with van der Waals surface area (Å²) in [5.41, 5.74) is 2.08. The normalized spacial score (nSPS) is 18.9. The Balaban J connectivity index is 1.75. The second kappa shape index (κ2) is 5.85. The average molecular weight is 286 g/mol. The first-order valence-electron chi connectivity index (χ1n) is 7.55. The fourth-order valence-electron chi connectivity index (χ4n) is 2.96. The van der Waals surface area contributed by atoms with E-state index in [0.29, 0.717) is 6.54 Å². The number of hydrogen-bond acceptors (Lipinski definition) is 3. The maximum atomic E-state index is 12.5. The third-order valence-electron chi connectivity index (χ3n) is 4.24. The Morgan fingerprint density at radius 3 is 2.95 bits per heavy atom. The van der Waals surface area contributed by atoms with Crippen LogP contribution in [0.15, 0.2) is 24.3 Å². The quantitative estimate of drug-likeness (QED) is 0.934. The predicted octanol–water partition coefficient (Wildman–Crippen LogP) is 1.67. The van der Waals surface area contributed by atoms with Crippen LogP contribution >= 0.6 is 0 Å². The molecule has 0 unspecified atom stereocenters. The van der Waals surface area contributed by atoms with Crippen molar-refractivity contribution in [1.29, 1.82) is 0 Å². The van der Waals surface area contributed by atoms with Crippen molar-refractivity contribution in [3.8, 4) is 0 Å². The number of fused-ring (bicyclic) bond motifs is 1. The monoisotopic (exact) mass is 286 g/mol. The van der Waals surface area contributed by atoms with E-state index < -0.39 is 0 Å². The fraction of sp³-hybridized carbons (Fsp3) is 0.500. The molecule has 1 aliphatic heterocycles. The van der Waals surface area contributed by atoms with E-state index in [4.69, 9.17) is 0 Å². The molecule has 0 bridgehead atoms. The molecule has 1 aliphatic rings. The molecule has 2 aromatic rings. The minimum Gasteiger partial charge on any atom is -0.337 e. The second-order valence-electron chi connectivity index (χ2n) is 5.77. The third kappa shape index (κ3) is 2.78. The number of piperidine rings is 1. The molecule has 2 heterocycles. The van der Waals surface area contributed by atoms with Gasteiger partial charge in [-0.25, -0.2) is 4.98 Å². The van der Waals surface area contributed by atoms with Crippen LogP contribution in [0.3, 0.4) is 0 Å². The number of nitrogens with one attached hydrogen (secondary N) is 1. The minimum atomic E-state index is -0.0292. The molecule has 0 saturated carbocycles. The minimum absolute atomic E-state index is 0.0292. The maximum Gasteiger partial charge on any atom is 0.239 e. The van der Waals surface area contributed by atoms with Crippen LogP contribution in [0.4, 0.5) is 0 Å². The molecular weight excluding hydrogens is 264 g/mol. The first-order chi connectivity index (χ1) is 10.2. The highest BCUT2D eigenvalue weighted by atomic mass is 16.2. The van der Waals surface area contributed by atoms with E-state index >= 15 is 0 Å². The van der Waals surface area contributed by atoms with Gasteiger partial charge in [0.05, 0.1) is 23.6 Å². The van der Waals surface area contributed by atoms with Crippen molar-refractivity contribution in [2.24, 2.45) is 7.05 Å². The first-order valence-corrected chi connectivity index (χ1v) is 7.55. The van der Waals surface area contributed by atoms with Gasteiger partial charge in [0.25, 0.3) is 0 Å². The number of amides is 1. The van der Waals surface area contributed by atoms with Gasteiger partial charge < -0.3 is 14.8 Å². The summed E-state index contributed by atoms with van der Waals surface area (Å²) in [6, 6.07) is 8.02. The molecule has 1 aromatic heterocycles. The second-order valence-corrected chi connectivity index (χ2v) is 5.77. The van der Waals surface area contributed by atoms with Crippen LogP contribution in [-0.2, 0) is 18.4 Å². The Morgan fingerprint density at radius 2 is 2.24 bits per heavy atom. The van der Waals surface area contributed by atoms with Crippen LogP contribution in [0.25, 0.3) is 11.0 Å². The molecule has 1 amide bonds. The lowest BCUT2D eigenvalue weighted by Crippen LogP contribution is -2.47. The van der Waals surface area contributed by atoms with E-state index in [0.717, 1.165) is 42.7 Å². The summed E-state index contributed by atoms with van der Waals surface area (Å²) >= 11 is 0. The SMILES string of the molecule is CN(Cc1nc2ccccc2n1C)C(=O)[C@@H]1CCCCN1. The summed E-state index contributed by atoms with van der Waals surface area (Å²) in [5, 5.41) is 3.31. The molecule has 0 spiro atoms. The number of para-hydroxylation sites is 2. The molecule has 112 valence electrons. The van der Waals surface area contributed by atoms with Crippen LogP contribution in [0.2, 0.25) is 0 Å². The Morgan fingerprint density at radius 1 is 1.43 bits per heavy atom. The zero-order valence-electron chi connectivity index (χ0n) is 12.7. The predicted molar refractivity (Wildman–Crippen MR) is 82.8 cm³/mol. The standard InChI is InChI=1S/C16H22N4O/c1-19(16(21)13-8-5-6-10-17-13)11-15-18-12-7-3-4-9-14(12)20(15)2/h3-4,7,9,13,17H,5-6,8,10-11H2,1-2H3/t13-/m0/s1. The number of carbonyl (C=O) groups excluding carboxylic acids is 1. The third-order valence-corrected chi connectivity index (χ3v) is 4.24. The van der Waals surface area contributed by atoms with Crippen molar-refractivity contribution in [1.82, 2.24) is 19.8 Å². The number of aromatic nitrogens is 2. The lowest BCUT2D eigenvalue weighted by atomic mass is 10.0. The van der Waals surface area contributed by atoms with E-state index in [1.165, 1.54) is 0 Å². The molecule has 5 nitrogen and oxygen atoms in total. The van der Waals surface area contributed by atoms with Crippen LogP contribution in [0.1, 0.15) is 25.1 Å². The number of imidazole rings is 1. The van der Waals surface area contributed by atoms with E-state index in [9.17, 15) is 4.79 Å². The zero-order valence-corrected chi connectivity index (χ0v) is 12.7. The summed E-state index contributed by atoms with van der Waals surface area (Å²) in [7, 11) is 3.86. The first kappa shape index (κ1) is 14.1. The molecule has 1 saturated heterocycles. The van der Waals surface area contributed by atoms with Gasteiger partial charge in [0.1, 0.15) is 5.82 Å². The Kier molecular flexibility index (Phi) is 3.92. The Hall–Kier alpha value is -1.88. The average Bonchev–Trinajstić information content (AvgIpc) is 2.84. The lowest BCUT2D eigenvalue weighted by Gasteiger charge is -2.27. The van der Waals surface area contributed by atoms with Crippen molar-refractivity contribution < 1.29 is 4.79 Å². The number of carbonyl (C=O) groups is 1. The van der Waals surface area contributed by atoms with Crippen LogP contribution in [-0.4, -0.2) is 40.0 Å². The van der Waals surface area contributed by atoms with Gasteiger partial charge in [-0.1, -0.05) is 18.6 Å². The highest BCUT2D eigenvalue weighted by molar-refractivity contribution is 5.82. The molecule has 1 atom stereocenters. The van der Waals surface area contributed by atoms with E-state index in [2.05, 4.69) is 20.9 Å². The van der Waals surface area contributed by atoms with Crippen molar-refractivity contribution in [3.63, 3.8) is 0 Å². The number of rotatable bonds is 3. The Labute approximate surface area is 125 Å². The van der Waals surface area contributed by atoms with E-state index in [1.807, 2.05) is 32.3 Å². The van der Waals surface area contributed by atoms with Gasteiger partial charge in [0.15, 0.2) is 0 Å². The summed E-state index contributed by atoms with van der Waals surface area (Å²) in [6.45, 7) is 1.48. The van der Waals surface area contributed by atoms with Gasteiger partial charge in [-0.3, -0.25) is 4.79 Å². The Bertz CT molecular complexity index is 643. The van der Waals surface area contributed by atoms with Crippen molar-refractivity contribution in [2.45, 2.75) is 31.8 Å². The molecule has 21 heavy (non-hydrogen) atoms. The van der Waals surface area contributed by atoms with Gasteiger partial charge in [-0.15, -0.1) is 0 Å². The summed E-state index contributed by atoms with van der Waals surface area (Å²) < 4.78 is 2.06. The molecule has 3 rings (SSSR count). The van der Waals surface area contributed by atoms with Crippen LogP contribution < -0.4 is 5.32 Å². The molecule has 1 N–H and O–H groups in total. The summed E-state index contributed by atoms with van der Waals surface area (Å²) in [6.07, 6.45) is 3.23. The molecule has 0 aliphatic carbocycles. The number of benzene rings is 1. The molecule has 1 fully saturated rings. The van der Waals surface area contributed by atoms with Crippen molar-refractivity contribution in [3.05, 3.63) is 30.1 Å². The smallest absolute Gasteiger partial charge is 0.239 e. The molecule has 5 heteroatoms. The summed E-state index contributed by atoms with van der Waals surface area (Å²) in [5.74, 6) is 1.09. The van der Waals surface area contributed by atoms with Gasteiger partial charge in [-0.05, 0) is 31.5 Å². The molecule has 0 radical (unpaired) electrons. The van der Waals surface area contributed by atoms with E-state index in [-0.39, 0.29) is 11.9 Å². The molecular formula is C16H22N4O. The summed E-state index contributed by atoms with van der Waals surface area (Å²) in [4.78, 5) is 18.9. The highest BCUT2D eigenvalue weighted by Gasteiger charge is 2.24. The largest absolute Gasteiger partial charge is 0.337 e. The zero-order chi connectivity index (χ0) is 14.8. The fourth-order valence-corrected chi connectivity index (χ4v) is 2.96. The maximum absolute atomic E-state index is 12.5. The van der Waals surface area contributed by atoms with Gasteiger partial charge in [0, 0.05) is 14.1 Å². The van der Waals surface area contributed by atoms with Crippen molar-refractivity contribution >= 4 is 16.9 Å². The highest BCUT2D eigenvalue weighted by Crippen LogP contribution is 2.16. The number of likely N-dealkylation sites (N-methyl/N-ethyl adjacent to an activating group) is 1. The number of nitrogens with zero attached hydrogens (tertiary/aromatic N) is 3. The number of aryl methyl sites for hydroxylation is 1. The lowest BCUT2D eigenvalue weighted by molar-refractivity contribution is -0.133. The van der Waals surface area contributed by atoms with E-state index in [1.54, 1.807) is 4.90 Å². The topological polar surface area (TPSA) is 50.2 Å². The van der Waals surface area contributed by atoms with Gasteiger partial charge >= 0.3 is 0 Å². The van der Waals surface area contributed by atoms with Crippen molar-refractivity contribution in [2.75, 3.05) is 13.6 Å². The van der Waals surface area contributed by atoms with Gasteiger partial charge in [0.2, 0.25) is 5.91 Å². The van der Waals surface area contributed by atoms with Gasteiger partial charge in [-0.2, -0.15) is 0 Å². The van der Waals surface area contributed by atoms with Crippen LogP contribution in [0.5, 0.6) is 0 Å². The molecule has 1 aromatic carbocycles. The van der Waals surface area contributed by atoms with Crippen LogP contribution in [0, 0.1) is 0 Å². The number of hydrogen-bond donors (Lipinski definition) is 1.